The molecule has 0 aliphatic rings. The van der Waals surface area contributed by atoms with Gasteiger partial charge in [-0.05, 0) is 35.2 Å². The van der Waals surface area contributed by atoms with Gasteiger partial charge < -0.3 is 14.8 Å². The molecule has 2 rings (SSSR count). The van der Waals surface area contributed by atoms with E-state index in [-0.39, 0.29) is 5.91 Å². The van der Waals surface area contributed by atoms with Crippen molar-refractivity contribution in [3.8, 4) is 17.6 Å². The van der Waals surface area contributed by atoms with Gasteiger partial charge in [-0.15, -0.1) is 11.3 Å². The van der Waals surface area contributed by atoms with Crippen molar-refractivity contribution in [2.24, 2.45) is 0 Å². The number of thiophene rings is 1. The highest BCUT2D eigenvalue weighted by Gasteiger charge is 2.06. The summed E-state index contributed by atoms with van der Waals surface area (Å²) >= 11 is 1.31. The molecule has 0 atom stereocenters. The minimum atomic E-state index is -0.297. The summed E-state index contributed by atoms with van der Waals surface area (Å²) < 4.78 is 10.4. The van der Waals surface area contributed by atoms with Gasteiger partial charge in [-0.1, -0.05) is 6.07 Å². The van der Waals surface area contributed by atoms with Gasteiger partial charge in [0, 0.05) is 6.08 Å². The van der Waals surface area contributed by atoms with E-state index in [9.17, 15) is 4.79 Å². The number of benzene rings is 1. The van der Waals surface area contributed by atoms with Crippen molar-refractivity contribution >= 4 is 28.3 Å². The fraction of sp³-hybridized carbons (Fsp3) is 0.125. The third kappa shape index (κ3) is 3.65. The van der Waals surface area contributed by atoms with Crippen LogP contribution in [0, 0.1) is 11.3 Å². The van der Waals surface area contributed by atoms with Crippen LogP contribution in [-0.2, 0) is 4.79 Å². The number of carbonyl (C=O) groups excluding carboxylic acids is 1. The third-order valence-corrected chi connectivity index (χ3v) is 3.69. The monoisotopic (exact) mass is 314 g/mol. The zero-order valence-corrected chi connectivity index (χ0v) is 12.9. The van der Waals surface area contributed by atoms with E-state index in [1.54, 1.807) is 43.9 Å². The van der Waals surface area contributed by atoms with Crippen molar-refractivity contribution < 1.29 is 14.3 Å². The lowest BCUT2D eigenvalue weighted by Crippen LogP contribution is -2.07. The number of hydrogen-bond donors (Lipinski definition) is 1. The Labute approximate surface area is 132 Å². The molecule has 0 saturated heterocycles. The lowest BCUT2D eigenvalue weighted by molar-refractivity contribution is -0.111. The van der Waals surface area contributed by atoms with Gasteiger partial charge in [0.2, 0.25) is 5.91 Å². The second-order valence-corrected chi connectivity index (χ2v) is 5.13. The van der Waals surface area contributed by atoms with Gasteiger partial charge in [0.05, 0.1) is 19.8 Å². The van der Waals surface area contributed by atoms with Crippen LogP contribution in [0.15, 0.2) is 35.7 Å². The van der Waals surface area contributed by atoms with E-state index < -0.39 is 0 Å². The van der Waals surface area contributed by atoms with E-state index in [0.717, 1.165) is 5.56 Å². The molecule has 1 aromatic heterocycles. The summed E-state index contributed by atoms with van der Waals surface area (Å²) in [5.74, 6) is 0.921. The highest BCUT2D eigenvalue weighted by Crippen LogP contribution is 2.28. The molecular weight excluding hydrogens is 300 g/mol. The fourth-order valence-corrected chi connectivity index (χ4v) is 2.52. The molecule has 22 heavy (non-hydrogen) atoms. The van der Waals surface area contributed by atoms with Crippen LogP contribution >= 0.6 is 11.3 Å². The smallest absolute Gasteiger partial charge is 0.249 e. The molecule has 1 aromatic carbocycles. The minimum Gasteiger partial charge on any atom is -0.493 e. The zero-order chi connectivity index (χ0) is 15.9. The van der Waals surface area contributed by atoms with E-state index in [1.165, 1.54) is 17.4 Å². The van der Waals surface area contributed by atoms with Crippen molar-refractivity contribution in [3.63, 3.8) is 0 Å². The second-order valence-electron chi connectivity index (χ2n) is 4.21. The fourth-order valence-electron chi connectivity index (χ4n) is 1.78. The van der Waals surface area contributed by atoms with Gasteiger partial charge in [-0.3, -0.25) is 4.79 Å². The van der Waals surface area contributed by atoms with Crippen LogP contribution in [0.5, 0.6) is 11.5 Å². The number of hydrogen-bond acceptors (Lipinski definition) is 5. The normalized spacial score (nSPS) is 10.2. The molecule has 112 valence electrons. The maximum absolute atomic E-state index is 11.9. The van der Waals surface area contributed by atoms with Gasteiger partial charge in [-0.2, -0.15) is 5.26 Å². The molecule has 1 N–H and O–H groups in total. The topological polar surface area (TPSA) is 71.3 Å². The second kappa shape index (κ2) is 7.29. The maximum atomic E-state index is 11.9. The highest BCUT2D eigenvalue weighted by molar-refractivity contribution is 7.14. The molecule has 0 fully saturated rings. The number of nitriles is 1. The van der Waals surface area contributed by atoms with Gasteiger partial charge in [0.1, 0.15) is 11.1 Å². The number of rotatable bonds is 5. The molecular formula is C16H14N2O3S. The molecule has 0 bridgehead atoms. The summed E-state index contributed by atoms with van der Waals surface area (Å²) in [5, 5.41) is 13.9. The van der Waals surface area contributed by atoms with Crippen LogP contribution in [0.25, 0.3) is 6.08 Å². The Bertz CT molecular complexity index is 744. The Hall–Kier alpha value is -2.78. The van der Waals surface area contributed by atoms with Crippen molar-refractivity contribution in [1.82, 2.24) is 0 Å². The van der Waals surface area contributed by atoms with Gasteiger partial charge in [0.25, 0.3) is 0 Å². The molecule has 0 saturated carbocycles. The first-order chi connectivity index (χ1) is 10.7. The van der Waals surface area contributed by atoms with Crippen molar-refractivity contribution in [2.45, 2.75) is 0 Å². The predicted molar refractivity (Wildman–Crippen MR) is 86.2 cm³/mol. The first-order valence-electron chi connectivity index (χ1n) is 6.36. The van der Waals surface area contributed by atoms with Crippen LogP contribution in [-0.4, -0.2) is 20.1 Å². The molecule has 0 spiro atoms. The quantitative estimate of drug-likeness (QED) is 0.860. The molecule has 0 aliphatic heterocycles. The number of ether oxygens (including phenoxy) is 2. The minimum absolute atomic E-state index is 0.297. The average Bonchev–Trinajstić information content (AvgIpc) is 2.99. The van der Waals surface area contributed by atoms with E-state index in [2.05, 4.69) is 5.32 Å². The number of carbonyl (C=O) groups is 1. The number of nitrogens with one attached hydrogen (secondary N) is 1. The molecule has 1 amide bonds. The Morgan fingerprint density at radius 1 is 1.27 bits per heavy atom. The first-order valence-corrected chi connectivity index (χ1v) is 7.24. The summed E-state index contributed by atoms with van der Waals surface area (Å²) in [6.07, 6.45) is 3.07. The third-order valence-electron chi connectivity index (χ3n) is 2.86. The Balaban J connectivity index is 2.08. The van der Waals surface area contributed by atoms with Crippen molar-refractivity contribution in [3.05, 3.63) is 46.8 Å². The van der Waals surface area contributed by atoms with E-state index >= 15 is 0 Å². The average molecular weight is 314 g/mol. The van der Waals surface area contributed by atoms with Crippen LogP contribution in [0.4, 0.5) is 5.00 Å². The highest BCUT2D eigenvalue weighted by atomic mass is 32.1. The van der Waals surface area contributed by atoms with E-state index in [0.29, 0.717) is 22.1 Å². The standard InChI is InChI=1S/C16H14N2O3S/c1-20-13-5-3-11(9-14(13)21-2)4-6-15(19)18-16-12(10-17)7-8-22-16/h3-9H,1-2H3,(H,18,19)/b6-4+. The van der Waals surface area contributed by atoms with Crippen molar-refractivity contribution in [1.29, 1.82) is 5.26 Å². The largest absolute Gasteiger partial charge is 0.493 e. The van der Waals surface area contributed by atoms with E-state index in [4.69, 9.17) is 14.7 Å². The van der Waals surface area contributed by atoms with Crippen LogP contribution in [0.1, 0.15) is 11.1 Å². The predicted octanol–water partition coefficient (Wildman–Crippen LogP) is 3.29. The molecule has 0 aliphatic carbocycles. The lowest BCUT2D eigenvalue weighted by Gasteiger charge is -2.07. The van der Waals surface area contributed by atoms with Crippen LogP contribution in [0.3, 0.4) is 0 Å². The summed E-state index contributed by atoms with van der Waals surface area (Å²) in [7, 11) is 3.12. The molecule has 0 unspecified atom stereocenters. The van der Waals surface area contributed by atoms with Gasteiger partial charge in [-0.25, -0.2) is 0 Å². The lowest BCUT2D eigenvalue weighted by atomic mass is 10.2. The Morgan fingerprint density at radius 3 is 2.73 bits per heavy atom. The number of amides is 1. The summed E-state index contributed by atoms with van der Waals surface area (Å²) in [6.45, 7) is 0. The summed E-state index contributed by atoms with van der Waals surface area (Å²) in [6, 6.07) is 9.04. The van der Waals surface area contributed by atoms with E-state index in [1.807, 2.05) is 12.1 Å². The Kier molecular flexibility index (Phi) is 5.17. The Morgan fingerprint density at radius 2 is 2.05 bits per heavy atom. The number of nitrogens with zero attached hydrogens (tertiary/aromatic N) is 1. The number of methoxy groups -OCH3 is 2. The van der Waals surface area contributed by atoms with Crippen LogP contribution < -0.4 is 14.8 Å². The summed E-state index contributed by atoms with van der Waals surface area (Å²) in [4.78, 5) is 11.9. The SMILES string of the molecule is COc1ccc(/C=C/C(=O)Nc2sccc2C#N)cc1OC. The molecule has 0 radical (unpaired) electrons. The first kappa shape index (κ1) is 15.6. The molecule has 1 heterocycles. The molecule has 5 nitrogen and oxygen atoms in total. The van der Waals surface area contributed by atoms with Gasteiger partial charge >= 0.3 is 0 Å². The maximum Gasteiger partial charge on any atom is 0.249 e. The van der Waals surface area contributed by atoms with Gasteiger partial charge in [0.15, 0.2) is 11.5 Å². The van der Waals surface area contributed by atoms with Crippen LogP contribution in [0.2, 0.25) is 0 Å². The molecule has 2 aromatic rings. The molecule has 6 heteroatoms. The van der Waals surface area contributed by atoms with Crippen molar-refractivity contribution in [2.75, 3.05) is 19.5 Å². The number of anilines is 1. The summed E-state index contributed by atoms with van der Waals surface area (Å²) in [5.41, 5.74) is 1.26. The zero-order valence-electron chi connectivity index (χ0n) is 12.1.